The number of carbonyl (C=O) groups excluding carboxylic acids is 2. The van der Waals surface area contributed by atoms with Gasteiger partial charge in [0.1, 0.15) is 0 Å². The number of hydrogen-bond acceptors (Lipinski definition) is 5. The minimum atomic E-state index is -1.12. The third kappa shape index (κ3) is 3.00. The van der Waals surface area contributed by atoms with Crippen molar-refractivity contribution in [2.24, 2.45) is 11.8 Å². The first-order valence-corrected chi connectivity index (χ1v) is 7.52. The quantitative estimate of drug-likeness (QED) is 0.879. The van der Waals surface area contributed by atoms with E-state index in [0.29, 0.717) is 30.9 Å². The summed E-state index contributed by atoms with van der Waals surface area (Å²) in [7, 11) is 0. The van der Waals surface area contributed by atoms with Crippen molar-refractivity contribution in [2.45, 2.75) is 32.2 Å². The maximum atomic E-state index is 12.3. The average Bonchev–Trinajstić information content (AvgIpc) is 3.00. The molecule has 1 aromatic carbocycles. The van der Waals surface area contributed by atoms with Crippen molar-refractivity contribution in [3.63, 3.8) is 0 Å². The van der Waals surface area contributed by atoms with Crippen LogP contribution >= 0.6 is 0 Å². The molecule has 1 aliphatic carbocycles. The van der Waals surface area contributed by atoms with Crippen LogP contribution in [0.25, 0.3) is 0 Å². The number of carboxylic acid groups (broad SMARTS) is 1. The van der Waals surface area contributed by atoms with E-state index in [1.807, 2.05) is 12.1 Å². The van der Waals surface area contributed by atoms with Crippen molar-refractivity contribution in [1.82, 2.24) is 5.32 Å². The fourth-order valence-electron chi connectivity index (χ4n) is 3.10. The molecule has 22 heavy (non-hydrogen) atoms. The van der Waals surface area contributed by atoms with Crippen LogP contribution in [0.3, 0.4) is 0 Å². The summed E-state index contributed by atoms with van der Waals surface area (Å²) in [5.41, 5.74) is 0.887. The summed E-state index contributed by atoms with van der Waals surface area (Å²) in [6.07, 6.45) is 2.84. The summed E-state index contributed by atoms with van der Waals surface area (Å²) < 4.78 is 10.5. The molecule has 6 nitrogen and oxygen atoms in total. The number of rotatable bonds is 4. The minimum absolute atomic E-state index is 0.209. The normalized spacial score (nSPS) is 23.1. The highest BCUT2D eigenvalue weighted by molar-refractivity contribution is 5.84. The molecule has 1 N–H and O–H groups in total. The first-order valence-electron chi connectivity index (χ1n) is 7.52. The van der Waals surface area contributed by atoms with Gasteiger partial charge in [-0.15, -0.1) is 0 Å². The molecule has 0 radical (unpaired) electrons. The first kappa shape index (κ1) is 14.7. The lowest BCUT2D eigenvalue weighted by molar-refractivity contribution is -0.314. The van der Waals surface area contributed by atoms with Gasteiger partial charge in [0.25, 0.3) is 0 Å². The van der Waals surface area contributed by atoms with E-state index in [1.54, 1.807) is 6.07 Å². The number of aliphatic carboxylic acids is 1. The third-order valence-electron chi connectivity index (χ3n) is 4.31. The number of fused-ring (bicyclic) bond motifs is 1. The highest BCUT2D eigenvalue weighted by atomic mass is 16.7. The molecule has 1 fully saturated rings. The molecule has 2 aliphatic rings. The highest BCUT2D eigenvalue weighted by Gasteiger charge is 2.31. The Morgan fingerprint density at radius 2 is 1.86 bits per heavy atom. The summed E-state index contributed by atoms with van der Waals surface area (Å²) >= 11 is 0. The van der Waals surface area contributed by atoms with Crippen molar-refractivity contribution in [2.75, 3.05) is 6.79 Å². The van der Waals surface area contributed by atoms with Crippen molar-refractivity contribution >= 4 is 11.9 Å². The Labute approximate surface area is 128 Å². The molecule has 1 heterocycles. The highest BCUT2D eigenvalue weighted by Crippen LogP contribution is 2.33. The van der Waals surface area contributed by atoms with Gasteiger partial charge >= 0.3 is 0 Å². The molecule has 1 amide bonds. The molecule has 0 saturated heterocycles. The van der Waals surface area contributed by atoms with Gasteiger partial charge in [-0.2, -0.15) is 0 Å². The monoisotopic (exact) mass is 304 g/mol. The Morgan fingerprint density at radius 1 is 1.14 bits per heavy atom. The van der Waals surface area contributed by atoms with Gasteiger partial charge in [-0.3, -0.25) is 4.79 Å². The van der Waals surface area contributed by atoms with E-state index in [9.17, 15) is 14.7 Å². The zero-order valence-corrected chi connectivity index (χ0v) is 12.2. The van der Waals surface area contributed by atoms with Crippen molar-refractivity contribution in [1.29, 1.82) is 0 Å². The number of amides is 1. The standard InChI is InChI=1S/C16H19NO5/c18-15(11-3-1-2-4-12(11)16(19)20)17-8-10-5-6-13-14(7-10)22-9-21-13/h5-7,11-12H,1-4,8-9H2,(H,17,18)(H,19,20)/p-1/t11-,12-/m0/s1. The van der Waals surface area contributed by atoms with E-state index in [1.165, 1.54) is 0 Å². The zero-order valence-electron chi connectivity index (χ0n) is 12.2. The first-order chi connectivity index (χ1) is 10.6. The molecule has 2 atom stereocenters. The molecule has 118 valence electrons. The average molecular weight is 304 g/mol. The third-order valence-corrected chi connectivity index (χ3v) is 4.31. The maximum Gasteiger partial charge on any atom is 0.231 e. The Bertz CT molecular complexity index is 586. The van der Waals surface area contributed by atoms with Crippen LogP contribution in [0.5, 0.6) is 11.5 Å². The van der Waals surface area contributed by atoms with E-state index in [4.69, 9.17) is 9.47 Å². The van der Waals surface area contributed by atoms with Gasteiger partial charge in [0.2, 0.25) is 12.7 Å². The van der Waals surface area contributed by atoms with Gasteiger partial charge < -0.3 is 24.7 Å². The molecular weight excluding hydrogens is 286 g/mol. The number of hydrogen-bond donors (Lipinski definition) is 1. The zero-order chi connectivity index (χ0) is 15.5. The van der Waals surface area contributed by atoms with E-state index in [0.717, 1.165) is 18.4 Å². The van der Waals surface area contributed by atoms with E-state index in [2.05, 4.69) is 5.32 Å². The molecule has 1 aliphatic heterocycles. The molecule has 3 rings (SSSR count). The second-order valence-corrected chi connectivity index (χ2v) is 5.72. The lowest BCUT2D eigenvalue weighted by Gasteiger charge is -2.31. The van der Waals surface area contributed by atoms with Crippen LogP contribution in [-0.4, -0.2) is 18.7 Å². The Balaban J connectivity index is 1.60. The summed E-state index contributed by atoms with van der Waals surface area (Å²) in [6, 6.07) is 5.47. The second kappa shape index (κ2) is 6.25. The number of nitrogens with one attached hydrogen (secondary N) is 1. The molecule has 0 bridgehead atoms. The van der Waals surface area contributed by atoms with Crippen molar-refractivity contribution in [3.05, 3.63) is 23.8 Å². The van der Waals surface area contributed by atoms with Gasteiger partial charge in [-0.1, -0.05) is 18.9 Å². The second-order valence-electron chi connectivity index (χ2n) is 5.72. The van der Waals surface area contributed by atoms with Crippen LogP contribution in [0.2, 0.25) is 0 Å². The predicted molar refractivity (Wildman–Crippen MR) is 74.9 cm³/mol. The van der Waals surface area contributed by atoms with Gasteiger partial charge in [0.05, 0.1) is 0 Å². The van der Waals surface area contributed by atoms with Gasteiger partial charge in [-0.05, 0) is 30.5 Å². The van der Waals surface area contributed by atoms with Crippen LogP contribution in [0.4, 0.5) is 0 Å². The predicted octanol–water partition coefficient (Wildman–Crippen LogP) is 0.588. The largest absolute Gasteiger partial charge is 0.550 e. The fourth-order valence-corrected chi connectivity index (χ4v) is 3.10. The summed E-state index contributed by atoms with van der Waals surface area (Å²) in [5, 5.41) is 14.0. The van der Waals surface area contributed by atoms with Gasteiger partial charge in [0, 0.05) is 24.3 Å². The topological polar surface area (TPSA) is 87.7 Å². The van der Waals surface area contributed by atoms with Gasteiger partial charge in [0.15, 0.2) is 11.5 Å². The Hall–Kier alpha value is -2.24. The molecular formula is C16H18NO5-. The number of carboxylic acids is 1. The van der Waals surface area contributed by atoms with Crippen LogP contribution in [0, 0.1) is 11.8 Å². The molecule has 0 spiro atoms. The lowest BCUT2D eigenvalue weighted by Crippen LogP contribution is -2.44. The number of ether oxygens (including phenoxy) is 2. The van der Waals surface area contributed by atoms with E-state index in [-0.39, 0.29) is 12.7 Å². The lowest BCUT2D eigenvalue weighted by atomic mass is 9.78. The Morgan fingerprint density at radius 3 is 2.64 bits per heavy atom. The van der Waals surface area contributed by atoms with Gasteiger partial charge in [-0.25, -0.2) is 0 Å². The molecule has 6 heteroatoms. The molecule has 1 saturated carbocycles. The summed E-state index contributed by atoms with van der Waals surface area (Å²) in [4.78, 5) is 23.4. The van der Waals surface area contributed by atoms with E-state index < -0.39 is 17.8 Å². The summed E-state index contributed by atoms with van der Waals surface area (Å²) in [5.74, 6) is -1.15. The number of carbonyl (C=O) groups is 2. The van der Waals surface area contributed by atoms with Crippen LogP contribution in [0.15, 0.2) is 18.2 Å². The van der Waals surface area contributed by atoms with Crippen molar-refractivity contribution in [3.8, 4) is 11.5 Å². The SMILES string of the molecule is O=C([O-])[C@H]1CCCC[C@@H]1C(=O)NCc1ccc2c(c1)OCO2. The minimum Gasteiger partial charge on any atom is -0.550 e. The molecule has 0 aromatic heterocycles. The van der Waals surface area contributed by atoms with Crippen LogP contribution in [-0.2, 0) is 16.1 Å². The molecule has 0 unspecified atom stereocenters. The Kier molecular flexibility index (Phi) is 4.18. The van der Waals surface area contributed by atoms with Crippen LogP contribution < -0.4 is 19.9 Å². The van der Waals surface area contributed by atoms with Crippen LogP contribution in [0.1, 0.15) is 31.2 Å². The smallest absolute Gasteiger partial charge is 0.231 e. The molecule has 1 aromatic rings. The maximum absolute atomic E-state index is 12.3. The van der Waals surface area contributed by atoms with E-state index >= 15 is 0 Å². The van der Waals surface area contributed by atoms with Crippen molar-refractivity contribution < 1.29 is 24.2 Å². The number of benzene rings is 1. The fraction of sp³-hybridized carbons (Fsp3) is 0.500. The summed E-state index contributed by atoms with van der Waals surface area (Å²) in [6.45, 7) is 0.548.